The molecule has 4 heteroatoms. The summed E-state index contributed by atoms with van der Waals surface area (Å²) in [5, 5.41) is 0. The molecule has 1 aromatic rings. The third kappa shape index (κ3) is 2.42. The van der Waals surface area contributed by atoms with Crippen LogP contribution in [0.25, 0.3) is 0 Å². The third-order valence-corrected chi connectivity index (χ3v) is 6.85. The number of carbonyl (C=O) groups excluding carboxylic acids is 1. The van der Waals surface area contributed by atoms with Crippen molar-refractivity contribution in [3.8, 4) is 11.5 Å². The van der Waals surface area contributed by atoms with Crippen molar-refractivity contribution >= 4 is 5.97 Å². The minimum Gasteiger partial charge on any atom is -0.485 e. The highest BCUT2D eigenvalue weighted by Crippen LogP contribution is 2.62. The molecule has 1 fully saturated rings. The Kier molecular flexibility index (Phi) is 3.59. The van der Waals surface area contributed by atoms with E-state index in [2.05, 4.69) is 43.9 Å². The monoisotopic (exact) mass is 367 g/mol. The van der Waals surface area contributed by atoms with E-state index >= 15 is 0 Å². The molecular formula is C23H29NO3. The lowest BCUT2D eigenvalue weighted by Gasteiger charge is -2.57. The molecular weight excluding hydrogens is 338 g/mol. The van der Waals surface area contributed by atoms with Crippen LogP contribution in [0.15, 0.2) is 24.3 Å². The Hall–Kier alpha value is -1.81. The topological polar surface area (TPSA) is 38.8 Å². The normalized spacial score (nSPS) is 33.4. The van der Waals surface area contributed by atoms with Crippen LogP contribution in [-0.4, -0.2) is 36.1 Å². The summed E-state index contributed by atoms with van der Waals surface area (Å²) in [7, 11) is 0. The maximum atomic E-state index is 11.6. The van der Waals surface area contributed by atoms with Crippen LogP contribution in [0.1, 0.15) is 51.7 Å². The van der Waals surface area contributed by atoms with E-state index in [0.717, 1.165) is 38.1 Å². The number of carbonyl (C=O) groups is 1. The zero-order chi connectivity index (χ0) is 19.0. The van der Waals surface area contributed by atoms with E-state index in [1.54, 1.807) is 0 Å². The van der Waals surface area contributed by atoms with E-state index in [0.29, 0.717) is 23.1 Å². The fourth-order valence-electron chi connectivity index (χ4n) is 6.14. The van der Waals surface area contributed by atoms with E-state index < -0.39 is 0 Å². The van der Waals surface area contributed by atoms with Gasteiger partial charge in [0.2, 0.25) is 0 Å². The summed E-state index contributed by atoms with van der Waals surface area (Å²) in [5.74, 6) is 1.63. The van der Waals surface area contributed by atoms with Crippen LogP contribution in [-0.2, 0) is 16.6 Å². The molecule has 4 atom stereocenters. The predicted octanol–water partition coefficient (Wildman–Crippen LogP) is 3.86. The van der Waals surface area contributed by atoms with Gasteiger partial charge in [0.1, 0.15) is 6.10 Å². The summed E-state index contributed by atoms with van der Waals surface area (Å²) in [5.41, 5.74) is 3.07. The number of piperidine rings is 1. The van der Waals surface area contributed by atoms with Crippen LogP contribution in [0.3, 0.4) is 0 Å². The number of hydrogen-bond donors (Lipinski definition) is 0. The third-order valence-electron chi connectivity index (χ3n) is 6.85. The standard InChI is InChI=1S/C23H29NO3/c1-14(25)26-18-9-8-15-12-17-16-6-5-7-19-23(16,20(15)21(18)27-19)10-11-24(17)13-22(2,3)4/h5-6,8-9,16-17,19H,7,10-13H2,1-4H3/t16-,17?,19-,23+/m0/s1. The zero-order valence-corrected chi connectivity index (χ0v) is 16.7. The van der Waals surface area contributed by atoms with Gasteiger partial charge in [-0.2, -0.15) is 0 Å². The van der Waals surface area contributed by atoms with Crippen molar-refractivity contribution in [1.82, 2.24) is 4.90 Å². The lowest BCUT2D eigenvalue weighted by molar-refractivity contribution is -0.132. The van der Waals surface area contributed by atoms with Crippen molar-refractivity contribution in [3.05, 3.63) is 35.4 Å². The molecule has 4 aliphatic rings. The molecule has 0 aromatic heterocycles. The maximum absolute atomic E-state index is 11.6. The van der Waals surface area contributed by atoms with Gasteiger partial charge in [-0.05, 0) is 36.4 Å². The molecule has 0 saturated carbocycles. The predicted molar refractivity (Wildman–Crippen MR) is 104 cm³/mol. The van der Waals surface area contributed by atoms with Crippen molar-refractivity contribution in [2.24, 2.45) is 11.3 Å². The van der Waals surface area contributed by atoms with Crippen molar-refractivity contribution < 1.29 is 14.3 Å². The van der Waals surface area contributed by atoms with Gasteiger partial charge < -0.3 is 9.47 Å². The van der Waals surface area contributed by atoms with Gasteiger partial charge in [-0.3, -0.25) is 9.69 Å². The molecule has 1 unspecified atom stereocenters. The van der Waals surface area contributed by atoms with Crippen molar-refractivity contribution in [3.63, 3.8) is 0 Å². The Morgan fingerprint density at radius 1 is 1.37 bits per heavy atom. The van der Waals surface area contributed by atoms with E-state index in [1.165, 1.54) is 18.1 Å². The molecule has 1 aromatic carbocycles. The van der Waals surface area contributed by atoms with Gasteiger partial charge in [-0.1, -0.05) is 39.0 Å². The molecule has 144 valence electrons. The number of hydrogen-bond acceptors (Lipinski definition) is 4. The first-order valence-electron chi connectivity index (χ1n) is 10.2. The summed E-state index contributed by atoms with van der Waals surface area (Å²) in [4.78, 5) is 14.3. The summed E-state index contributed by atoms with van der Waals surface area (Å²) in [6, 6.07) is 4.63. The Balaban J connectivity index is 1.63. The molecule has 1 saturated heterocycles. The number of rotatable bonds is 2. The molecule has 2 bridgehead atoms. The van der Waals surface area contributed by atoms with E-state index in [9.17, 15) is 4.79 Å². The summed E-state index contributed by atoms with van der Waals surface area (Å²) in [6.07, 6.45) is 8.03. The van der Waals surface area contributed by atoms with Gasteiger partial charge in [0, 0.05) is 42.8 Å². The Bertz CT molecular complexity index is 837. The average molecular weight is 367 g/mol. The minimum atomic E-state index is -0.287. The maximum Gasteiger partial charge on any atom is 0.308 e. The van der Waals surface area contributed by atoms with Gasteiger partial charge in [-0.25, -0.2) is 0 Å². The van der Waals surface area contributed by atoms with Crippen LogP contribution in [0.4, 0.5) is 0 Å². The fourth-order valence-corrected chi connectivity index (χ4v) is 6.14. The highest BCUT2D eigenvalue weighted by Gasteiger charge is 2.62. The van der Waals surface area contributed by atoms with Crippen LogP contribution in [0.5, 0.6) is 11.5 Å². The molecule has 2 aliphatic carbocycles. The van der Waals surface area contributed by atoms with Crippen molar-refractivity contribution in [2.75, 3.05) is 13.1 Å². The van der Waals surface area contributed by atoms with Crippen LogP contribution < -0.4 is 9.47 Å². The lowest BCUT2D eigenvalue weighted by atomic mass is 9.53. The minimum absolute atomic E-state index is 0.0485. The highest BCUT2D eigenvalue weighted by molar-refractivity contribution is 5.72. The molecule has 2 heterocycles. The Morgan fingerprint density at radius 3 is 2.93 bits per heavy atom. The Labute approximate surface area is 161 Å². The zero-order valence-electron chi connectivity index (χ0n) is 16.7. The highest BCUT2D eigenvalue weighted by atomic mass is 16.6. The largest absolute Gasteiger partial charge is 0.485 e. The number of esters is 1. The second-order valence-corrected chi connectivity index (χ2v) is 9.91. The first kappa shape index (κ1) is 17.3. The molecule has 5 rings (SSSR count). The van der Waals surface area contributed by atoms with E-state index in [1.807, 2.05) is 6.07 Å². The van der Waals surface area contributed by atoms with Crippen LogP contribution >= 0.6 is 0 Å². The van der Waals surface area contributed by atoms with E-state index in [4.69, 9.17) is 9.47 Å². The lowest BCUT2D eigenvalue weighted by Crippen LogP contribution is -2.64. The van der Waals surface area contributed by atoms with Gasteiger partial charge in [0.25, 0.3) is 0 Å². The molecule has 0 amide bonds. The first-order valence-corrected chi connectivity index (χ1v) is 10.2. The second kappa shape index (κ2) is 5.60. The smallest absolute Gasteiger partial charge is 0.308 e. The van der Waals surface area contributed by atoms with Crippen molar-refractivity contribution in [2.45, 2.75) is 64.5 Å². The molecule has 1 spiro atoms. The first-order chi connectivity index (χ1) is 12.8. The van der Waals surface area contributed by atoms with Crippen LogP contribution in [0.2, 0.25) is 0 Å². The number of ether oxygens (including phenoxy) is 2. The molecule has 4 nitrogen and oxygen atoms in total. The van der Waals surface area contributed by atoms with Gasteiger partial charge >= 0.3 is 5.97 Å². The van der Waals surface area contributed by atoms with Gasteiger partial charge in [0.05, 0.1) is 0 Å². The average Bonchev–Trinajstić information content (AvgIpc) is 2.91. The molecule has 0 radical (unpaired) electrons. The van der Waals surface area contributed by atoms with E-state index in [-0.39, 0.29) is 17.5 Å². The van der Waals surface area contributed by atoms with Crippen LogP contribution in [0, 0.1) is 11.3 Å². The molecule has 27 heavy (non-hydrogen) atoms. The summed E-state index contributed by atoms with van der Waals surface area (Å²) >= 11 is 0. The number of benzene rings is 1. The SMILES string of the molecule is CC(=O)Oc1ccc2c3c1O[C@H]1CC=C[C@H]4C(C2)N(CC(C)(C)C)CC[C@]314. The fraction of sp³-hybridized carbons (Fsp3) is 0.609. The summed E-state index contributed by atoms with van der Waals surface area (Å²) < 4.78 is 12.0. The molecule has 2 aliphatic heterocycles. The molecule has 0 N–H and O–H groups in total. The quantitative estimate of drug-likeness (QED) is 0.452. The van der Waals surface area contributed by atoms with Gasteiger partial charge in [-0.15, -0.1) is 0 Å². The van der Waals surface area contributed by atoms with Crippen molar-refractivity contribution in [1.29, 1.82) is 0 Å². The second-order valence-electron chi connectivity index (χ2n) is 9.91. The number of nitrogens with zero attached hydrogens (tertiary/aromatic N) is 1. The summed E-state index contributed by atoms with van der Waals surface area (Å²) in [6.45, 7) is 10.7. The number of likely N-dealkylation sites (tertiary alicyclic amines) is 1. The van der Waals surface area contributed by atoms with Gasteiger partial charge in [0.15, 0.2) is 11.5 Å². The Morgan fingerprint density at radius 2 is 2.19 bits per heavy atom.